The summed E-state index contributed by atoms with van der Waals surface area (Å²) in [6, 6.07) is 10.9. The van der Waals surface area contributed by atoms with Crippen LogP contribution < -0.4 is 15.6 Å². The van der Waals surface area contributed by atoms with Gasteiger partial charge in [-0.25, -0.2) is 0 Å². The molecule has 6 heteroatoms. The molecule has 0 atom stereocenters. The second-order valence-corrected chi connectivity index (χ2v) is 5.78. The number of nitrogens with zero attached hydrogens (tertiary/aromatic N) is 2. The Bertz CT molecular complexity index is 827. The van der Waals surface area contributed by atoms with E-state index in [0.29, 0.717) is 13.2 Å². The maximum absolute atomic E-state index is 12.7. The molecule has 0 aliphatic carbocycles. The van der Waals surface area contributed by atoms with Gasteiger partial charge in [-0.15, -0.1) is 0 Å². The highest BCUT2D eigenvalue weighted by Crippen LogP contribution is 2.20. The molecule has 0 bridgehead atoms. The quantitative estimate of drug-likeness (QED) is 0.854. The fraction of sp³-hybridized carbons (Fsp3) is 0.222. The van der Waals surface area contributed by atoms with Crippen LogP contribution in [-0.4, -0.2) is 28.7 Å². The Balaban J connectivity index is 1.91. The maximum Gasteiger partial charge on any atom is 0.278 e. The summed E-state index contributed by atoms with van der Waals surface area (Å²) >= 11 is 0. The summed E-state index contributed by atoms with van der Waals surface area (Å²) in [4.78, 5) is 26.6. The fourth-order valence-corrected chi connectivity index (χ4v) is 2.56. The third-order valence-corrected chi connectivity index (χ3v) is 3.66. The molecule has 0 saturated heterocycles. The molecule has 0 radical (unpaired) electrons. The second-order valence-electron chi connectivity index (χ2n) is 5.78. The third kappa shape index (κ3) is 3.17. The number of rotatable bonds is 5. The number of hydrogen-bond donors (Lipinski definition) is 1. The summed E-state index contributed by atoms with van der Waals surface area (Å²) < 4.78 is 7.24. The molecule has 0 fully saturated rings. The molecule has 1 N–H and O–H groups in total. The van der Waals surface area contributed by atoms with Gasteiger partial charge in [0.05, 0.1) is 0 Å². The molecule has 1 aliphatic heterocycles. The van der Waals surface area contributed by atoms with E-state index in [-0.39, 0.29) is 29.4 Å². The number of aromatic nitrogens is 1. The number of ether oxygens (including phenoxy) is 1. The van der Waals surface area contributed by atoms with Crippen molar-refractivity contribution in [2.75, 3.05) is 18.6 Å². The smallest absolute Gasteiger partial charge is 0.278 e. The molecule has 0 unspecified atom stereocenters. The lowest BCUT2D eigenvalue weighted by Gasteiger charge is -2.31. The Morgan fingerprint density at radius 3 is 2.71 bits per heavy atom. The lowest BCUT2D eigenvalue weighted by Crippen LogP contribution is -2.47. The first kappa shape index (κ1) is 15.9. The van der Waals surface area contributed by atoms with E-state index in [1.165, 1.54) is 6.07 Å². The van der Waals surface area contributed by atoms with Crippen LogP contribution in [0.1, 0.15) is 23.0 Å². The molecule has 1 amide bonds. The van der Waals surface area contributed by atoms with Crippen LogP contribution in [0.25, 0.3) is 0 Å². The van der Waals surface area contributed by atoms with E-state index in [2.05, 4.69) is 12.0 Å². The van der Waals surface area contributed by atoms with E-state index in [9.17, 15) is 9.59 Å². The van der Waals surface area contributed by atoms with Gasteiger partial charge in [0, 0.05) is 18.8 Å². The lowest BCUT2D eigenvalue weighted by molar-refractivity contribution is 0.0734. The predicted molar refractivity (Wildman–Crippen MR) is 91.6 cm³/mol. The van der Waals surface area contributed by atoms with Crippen LogP contribution >= 0.6 is 0 Å². The Kier molecular flexibility index (Phi) is 4.37. The highest BCUT2D eigenvalue weighted by molar-refractivity contribution is 5.96. The first-order valence-corrected chi connectivity index (χ1v) is 7.66. The highest BCUT2D eigenvalue weighted by atomic mass is 16.5. The molecule has 2 aromatic rings. The van der Waals surface area contributed by atoms with E-state index in [1.54, 1.807) is 15.8 Å². The molecule has 124 valence electrons. The fourth-order valence-electron chi connectivity index (χ4n) is 2.56. The van der Waals surface area contributed by atoms with Crippen LogP contribution in [0.3, 0.4) is 0 Å². The van der Waals surface area contributed by atoms with Crippen molar-refractivity contribution in [3.05, 3.63) is 76.2 Å². The summed E-state index contributed by atoms with van der Waals surface area (Å²) in [5, 5.41) is 0. The number of fused-ring (bicyclic) bond motifs is 1. The van der Waals surface area contributed by atoms with Gasteiger partial charge in [-0.1, -0.05) is 42.5 Å². The topological polar surface area (TPSA) is 63.6 Å². The van der Waals surface area contributed by atoms with Crippen molar-refractivity contribution in [2.24, 2.45) is 0 Å². The zero-order valence-corrected chi connectivity index (χ0v) is 13.5. The number of benzene rings is 1. The average molecular weight is 325 g/mol. The van der Waals surface area contributed by atoms with Crippen LogP contribution in [0.2, 0.25) is 0 Å². The number of amides is 1. The van der Waals surface area contributed by atoms with Gasteiger partial charge in [0.15, 0.2) is 11.4 Å². The molecule has 0 saturated carbocycles. The minimum atomic E-state index is -0.315. The zero-order valence-electron chi connectivity index (χ0n) is 13.5. The number of carbonyl (C=O) groups is 1. The van der Waals surface area contributed by atoms with E-state index in [1.807, 2.05) is 37.3 Å². The summed E-state index contributed by atoms with van der Waals surface area (Å²) in [5.74, 6) is -0.192. The SMILES string of the molecule is C=C(C)CN1CNn2ccc(=O)c(OCc3ccccc3)c2C1=O. The number of hydrogen-bond acceptors (Lipinski definition) is 4. The highest BCUT2D eigenvalue weighted by Gasteiger charge is 2.28. The Morgan fingerprint density at radius 2 is 2.00 bits per heavy atom. The largest absolute Gasteiger partial charge is 0.482 e. The Hall–Kier alpha value is -3.02. The summed E-state index contributed by atoms with van der Waals surface area (Å²) in [6.45, 7) is 6.68. The molecule has 0 spiro atoms. The summed E-state index contributed by atoms with van der Waals surface area (Å²) in [7, 11) is 0. The minimum absolute atomic E-state index is 0.0604. The molecule has 1 aliphatic rings. The molecule has 1 aromatic heterocycles. The molecular weight excluding hydrogens is 306 g/mol. The lowest BCUT2D eigenvalue weighted by atomic mass is 10.2. The maximum atomic E-state index is 12.7. The van der Waals surface area contributed by atoms with Gasteiger partial charge in [-0.05, 0) is 12.5 Å². The summed E-state index contributed by atoms with van der Waals surface area (Å²) in [6.07, 6.45) is 1.54. The van der Waals surface area contributed by atoms with Gasteiger partial charge in [0.2, 0.25) is 5.43 Å². The molecule has 24 heavy (non-hydrogen) atoms. The Morgan fingerprint density at radius 1 is 1.25 bits per heavy atom. The Labute approximate surface area is 139 Å². The van der Waals surface area contributed by atoms with E-state index >= 15 is 0 Å². The molecule has 1 aromatic carbocycles. The van der Waals surface area contributed by atoms with Crippen molar-refractivity contribution in [3.63, 3.8) is 0 Å². The minimum Gasteiger partial charge on any atom is -0.482 e. The average Bonchev–Trinajstić information content (AvgIpc) is 2.57. The van der Waals surface area contributed by atoms with Crippen molar-refractivity contribution in [1.82, 2.24) is 9.58 Å². The summed E-state index contributed by atoms with van der Waals surface area (Å²) in [5.41, 5.74) is 4.76. The van der Waals surface area contributed by atoms with Crippen LogP contribution in [0.4, 0.5) is 0 Å². The molecule has 6 nitrogen and oxygen atoms in total. The predicted octanol–water partition coefficient (Wildman–Crippen LogP) is 1.96. The van der Waals surface area contributed by atoms with Gasteiger partial charge >= 0.3 is 0 Å². The molecule has 2 heterocycles. The number of pyridine rings is 1. The van der Waals surface area contributed by atoms with Gasteiger partial charge in [0.1, 0.15) is 13.3 Å². The number of carbonyl (C=O) groups excluding carboxylic acids is 1. The van der Waals surface area contributed by atoms with Crippen LogP contribution in [0, 0.1) is 0 Å². The van der Waals surface area contributed by atoms with Crippen LogP contribution in [0.15, 0.2) is 59.5 Å². The van der Waals surface area contributed by atoms with Crippen LogP contribution in [-0.2, 0) is 6.61 Å². The molecular formula is C18H19N3O3. The van der Waals surface area contributed by atoms with Crippen molar-refractivity contribution < 1.29 is 9.53 Å². The molecule has 3 rings (SSSR count). The van der Waals surface area contributed by atoms with Gasteiger partial charge in [-0.2, -0.15) is 0 Å². The van der Waals surface area contributed by atoms with Crippen molar-refractivity contribution >= 4 is 5.91 Å². The second kappa shape index (κ2) is 6.62. The third-order valence-electron chi connectivity index (χ3n) is 3.66. The first-order valence-electron chi connectivity index (χ1n) is 7.66. The van der Waals surface area contributed by atoms with Crippen molar-refractivity contribution in [3.8, 4) is 5.75 Å². The van der Waals surface area contributed by atoms with Gasteiger partial charge in [0.25, 0.3) is 5.91 Å². The zero-order chi connectivity index (χ0) is 17.1. The van der Waals surface area contributed by atoms with Crippen molar-refractivity contribution in [2.45, 2.75) is 13.5 Å². The van der Waals surface area contributed by atoms with Gasteiger partial charge < -0.3 is 15.1 Å². The van der Waals surface area contributed by atoms with Crippen LogP contribution in [0.5, 0.6) is 5.75 Å². The monoisotopic (exact) mass is 325 g/mol. The van der Waals surface area contributed by atoms with E-state index in [4.69, 9.17) is 4.74 Å². The first-order chi connectivity index (χ1) is 11.6. The van der Waals surface area contributed by atoms with Gasteiger partial charge in [-0.3, -0.25) is 14.3 Å². The van der Waals surface area contributed by atoms with E-state index < -0.39 is 0 Å². The normalized spacial score (nSPS) is 13.2. The van der Waals surface area contributed by atoms with E-state index in [0.717, 1.165) is 11.1 Å². The van der Waals surface area contributed by atoms with Crippen molar-refractivity contribution in [1.29, 1.82) is 0 Å². The standard InChI is InChI=1S/C18H19N3O3/c1-13(2)10-20-12-19-21-9-8-15(22)17(16(21)18(20)23)24-11-14-6-4-3-5-7-14/h3-9,19H,1,10-12H2,2H3. The number of nitrogens with one attached hydrogen (secondary N) is 1.